The van der Waals surface area contributed by atoms with Crippen LogP contribution in [0.5, 0.6) is 0 Å². The number of nitrogens with zero attached hydrogens (tertiary/aromatic N) is 3. The van der Waals surface area contributed by atoms with Gasteiger partial charge in [0.05, 0.1) is 4.92 Å². The Kier molecular flexibility index (Phi) is 3.12. The predicted octanol–water partition coefficient (Wildman–Crippen LogP) is 2.92. The fourth-order valence-electron chi connectivity index (χ4n) is 2.38. The van der Waals surface area contributed by atoms with Gasteiger partial charge in [-0.1, -0.05) is 0 Å². The van der Waals surface area contributed by atoms with Crippen LogP contribution in [0, 0.1) is 28.9 Å². The number of pyridine rings is 1. The van der Waals surface area contributed by atoms with Gasteiger partial charge in [-0.3, -0.25) is 10.1 Å². The summed E-state index contributed by atoms with van der Waals surface area (Å²) in [4.78, 5) is 17.1. The topological polar surface area (TPSA) is 59.3 Å². The number of hydrogen-bond acceptors (Lipinski definition) is 4. The van der Waals surface area contributed by atoms with Crippen molar-refractivity contribution in [3.63, 3.8) is 0 Å². The first-order valence-electron chi connectivity index (χ1n) is 6.99. The highest BCUT2D eigenvalue weighted by atomic mass is 16.6. The van der Waals surface area contributed by atoms with Crippen molar-refractivity contribution >= 4 is 11.5 Å². The maximum absolute atomic E-state index is 10.8. The largest absolute Gasteiger partial charge is 0.356 e. The average molecular weight is 261 g/mol. The molecule has 3 rings (SSSR count). The molecule has 0 amide bonds. The molecule has 0 N–H and O–H groups in total. The Morgan fingerprint density at radius 3 is 2.32 bits per heavy atom. The normalized spacial score (nSPS) is 18.4. The molecule has 2 aliphatic carbocycles. The maximum atomic E-state index is 10.8. The standard InChI is InChI=1S/C14H19N3O2/c1-10-6-14(15-7-13(10)17(18)19)16(8-11-2-3-11)9-12-4-5-12/h6-7,11-12H,2-5,8-9H2,1H3. The summed E-state index contributed by atoms with van der Waals surface area (Å²) in [5, 5.41) is 10.8. The second kappa shape index (κ2) is 4.79. The van der Waals surface area contributed by atoms with Gasteiger partial charge in [-0.15, -0.1) is 0 Å². The van der Waals surface area contributed by atoms with E-state index in [0.29, 0.717) is 5.56 Å². The first kappa shape index (κ1) is 12.4. The molecule has 5 nitrogen and oxygen atoms in total. The summed E-state index contributed by atoms with van der Waals surface area (Å²) < 4.78 is 0. The number of nitro groups is 1. The predicted molar refractivity (Wildman–Crippen MR) is 73.3 cm³/mol. The van der Waals surface area contributed by atoms with Gasteiger partial charge >= 0.3 is 0 Å². The van der Waals surface area contributed by atoms with Gasteiger partial charge in [0.2, 0.25) is 0 Å². The Morgan fingerprint density at radius 1 is 1.32 bits per heavy atom. The molecular formula is C14H19N3O2. The molecule has 0 aliphatic heterocycles. The van der Waals surface area contributed by atoms with Crippen molar-refractivity contribution in [1.29, 1.82) is 0 Å². The van der Waals surface area contributed by atoms with Gasteiger partial charge in [0, 0.05) is 18.7 Å². The molecule has 19 heavy (non-hydrogen) atoms. The van der Waals surface area contributed by atoms with Gasteiger partial charge in [0.15, 0.2) is 0 Å². The fraction of sp³-hybridized carbons (Fsp3) is 0.643. The lowest BCUT2D eigenvalue weighted by Crippen LogP contribution is -2.29. The summed E-state index contributed by atoms with van der Waals surface area (Å²) >= 11 is 0. The molecule has 5 heteroatoms. The van der Waals surface area contributed by atoms with E-state index in [1.165, 1.54) is 31.9 Å². The molecule has 0 saturated heterocycles. The van der Waals surface area contributed by atoms with Gasteiger partial charge < -0.3 is 4.90 Å². The van der Waals surface area contributed by atoms with Crippen molar-refractivity contribution in [2.75, 3.05) is 18.0 Å². The van der Waals surface area contributed by atoms with Gasteiger partial charge in [0.1, 0.15) is 12.0 Å². The Bertz CT molecular complexity index is 481. The quantitative estimate of drug-likeness (QED) is 0.583. The lowest BCUT2D eigenvalue weighted by molar-refractivity contribution is -0.385. The van der Waals surface area contributed by atoms with Crippen molar-refractivity contribution in [3.05, 3.63) is 27.9 Å². The van der Waals surface area contributed by atoms with E-state index in [0.717, 1.165) is 30.7 Å². The van der Waals surface area contributed by atoms with Gasteiger partial charge in [-0.25, -0.2) is 4.98 Å². The maximum Gasteiger partial charge on any atom is 0.290 e. The van der Waals surface area contributed by atoms with Crippen LogP contribution in [0.15, 0.2) is 12.3 Å². The highest BCUT2D eigenvalue weighted by Gasteiger charge is 2.30. The minimum Gasteiger partial charge on any atom is -0.356 e. The summed E-state index contributed by atoms with van der Waals surface area (Å²) in [6.07, 6.45) is 6.65. The first-order valence-corrected chi connectivity index (χ1v) is 6.99. The van der Waals surface area contributed by atoms with Crippen molar-refractivity contribution in [1.82, 2.24) is 4.98 Å². The Hall–Kier alpha value is -1.65. The molecule has 0 spiro atoms. The monoisotopic (exact) mass is 261 g/mol. The van der Waals surface area contributed by atoms with E-state index in [4.69, 9.17) is 0 Å². The van der Waals surface area contributed by atoms with Crippen LogP contribution in [0.2, 0.25) is 0 Å². The van der Waals surface area contributed by atoms with Gasteiger partial charge in [-0.05, 0) is 50.5 Å². The van der Waals surface area contributed by atoms with Gasteiger partial charge in [-0.2, -0.15) is 0 Å². The Labute approximate surface area is 112 Å². The summed E-state index contributed by atoms with van der Waals surface area (Å²) in [5.41, 5.74) is 0.813. The zero-order valence-corrected chi connectivity index (χ0v) is 11.2. The second-order valence-electron chi connectivity index (χ2n) is 5.88. The highest BCUT2D eigenvalue weighted by Crippen LogP contribution is 2.35. The summed E-state index contributed by atoms with van der Waals surface area (Å²) in [6, 6.07) is 1.86. The summed E-state index contributed by atoms with van der Waals surface area (Å²) in [7, 11) is 0. The van der Waals surface area contributed by atoms with E-state index < -0.39 is 0 Å². The number of anilines is 1. The minimum absolute atomic E-state index is 0.113. The molecule has 0 aromatic carbocycles. The molecule has 2 fully saturated rings. The SMILES string of the molecule is Cc1cc(N(CC2CC2)CC2CC2)ncc1[N+](=O)[O-]. The number of aromatic nitrogens is 1. The van der Waals surface area contributed by atoms with Crippen LogP contribution in [0.4, 0.5) is 11.5 Å². The average Bonchev–Trinajstić information content (AvgIpc) is 3.22. The molecule has 1 aromatic heterocycles. The van der Waals surface area contributed by atoms with Crippen LogP contribution < -0.4 is 4.90 Å². The van der Waals surface area contributed by atoms with E-state index in [1.54, 1.807) is 6.92 Å². The molecule has 0 radical (unpaired) electrons. The van der Waals surface area contributed by atoms with Crippen LogP contribution in [0.1, 0.15) is 31.2 Å². The number of hydrogen-bond donors (Lipinski definition) is 0. The zero-order chi connectivity index (χ0) is 13.4. The minimum atomic E-state index is -0.363. The molecule has 102 valence electrons. The fourth-order valence-corrected chi connectivity index (χ4v) is 2.38. The van der Waals surface area contributed by atoms with Crippen molar-refractivity contribution in [2.45, 2.75) is 32.6 Å². The third kappa shape index (κ3) is 3.03. The Morgan fingerprint density at radius 2 is 1.89 bits per heavy atom. The number of rotatable bonds is 6. The summed E-state index contributed by atoms with van der Waals surface area (Å²) in [5.74, 6) is 2.51. The third-order valence-corrected chi connectivity index (χ3v) is 3.94. The Balaban J connectivity index is 1.79. The first-order chi connectivity index (χ1) is 9.13. The van der Waals surface area contributed by atoms with E-state index in [1.807, 2.05) is 6.07 Å². The molecular weight excluding hydrogens is 242 g/mol. The molecule has 1 aromatic rings. The third-order valence-electron chi connectivity index (χ3n) is 3.94. The van der Waals surface area contributed by atoms with Crippen LogP contribution in [0.3, 0.4) is 0 Å². The highest BCUT2D eigenvalue weighted by molar-refractivity contribution is 5.49. The van der Waals surface area contributed by atoms with Crippen molar-refractivity contribution in [3.8, 4) is 0 Å². The number of aryl methyl sites for hydroxylation is 1. The molecule has 1 heterocycles. The van der Waals surface area contributed by atoms with Crippen molar-refractivity contribution < 1.29 is 4.92 Å². The van der Waals surface area contributed by atoms with E-state index in [2.05, 4.69) is 9.88 Å². The van der Waals surface area contributed by atoms with Crippen LogP contribution >= 0.6 is 0 Å². The molecule has 2 saturated carbocycles. The van der Waals surface area contributed by atoms with E-state index in [-0.39, 0.29) is 10.6 Å². The zero-order valence-electron chi connectivity index (χ0n) is 11.2. The van der Waals surface area contributed by atoms with Gasteiger partial charge in [0.25, 0.3) is 5.69 Å². The van der Waals surface area contributed by atoms with Crippen molar-refractivity contribution in [2.24, 2.45) is 11.8 Å². The molecule has 0 atom stereocenters. The second-order valence-corrected chi connectivity index (χ2v) is 5.88. The van der Waals surface area contributed by atoms with Crippen LogP contribution in [-0.2, 0) is 0 Å². The smallest absolute Gasteiger partial charge is 0.290 e. The van der Waals surface area contributed by atoms with Crippen LogP contribution in [0.25, 0.3) is 0 Å². The van der Waals surface area contributed by atoms with E-state index in [9.17, 15) is 10.1 Å². The lowest BCUT2D eigenvalue weighted by atomic mass is 10.2. The van der Waals surface area contributed by atoms with E-state index >= 15 is 0 Å². The lowest BCUT2D eigenvalue weighted by Gasteiger charge is -2.23. The molecule has 2 aliphatic rings. The molecule has 0 bridgehead atoms. The summed E-state index contributed by atoms with van der Waals surface area (Å²) in [6.45, 7) is 3.90. The molecule has 0 unspecified atom stereocenters. The van der Waals surface area contributed by atoms with Crippen LogP contribution in [-0.4, -0.2) is 23.0 Å².